The van der Waals surface area contributed by atoms with Crippen molar-refractivity contribution in [2.45, 2.75) is 12.2 Å². The van der Waals surface area contributed by atoms with Crippen LogP contribution in [0.1, 0.15) is 22.1 Å². The molecule has 5 nitrogen and oxygen atoms in total. The second-order valence-corrected chi connectivity index (χ2v) is 6.08. The van der Waals surface area contributed by atoms with Crippen molar-refractivity contribution in [3.63, 3.8) is 0 Å². The summed E-state index contributed by atoms with van der Waals surface area (Å²) in [5.74, 6) is 2.07. The number of rotatable bonds is 2. The van der Waals surface area contributed by atoms with E-state index in [0.717, 1.165) is 28.4 Å². The normalized spacial score (nSPS) is 17.9. The Morgan fingerprint density at radius 2 is 2.10 bits per heavy atom. The molecule has 6 heteroatoms. The van der Waals surface area contributed by atoms with Crippen LogP contribution in [0.25, 0.3) is 0 Å². The van der Waals surface area contributed by atoms with Crippen LogP contribution in [0.5, 0.6) is 5.75 Å². The SMILES string of the molecule is COc1ccc([C@@H]2SCC(=O)Nc3c2c(C)nn3C)cc1. The molecule has 1 amide bonds. The van der Waals surface area contributed by atoms with Crippen molar-refractivity contribution in [3.8, 4) is 5.75 Å². The number of ether oxygens (including phenoxy) is 1. The molecule has 1 aromatic carbocycles. The summed E-state index contributed by atoms with van der Waals surface area (Å²) in [5, 5.41) is 7.49. The van der Waals surface area contributed by atoms with Crippen LogP contribution in [-0.2, 0) is 11.8 Å². The maximum Gasteiger partial charge on any atom is 0.235 e. The maximum atomic E-state index is 11.9. The van der Waals surface area contributed by atoms with Gasteiger partial charge in [0.05, 0.1) is 23.8 Å². The van der Waals surface area contributed by atoms with E-state index in [0.29, 0.717) is 5.75 Å². The van der Waals surface area contributed by atoms with Crippen LogP contribution >= 0.6 is 11.8 Å². The maximum absolute atomic E-state index is 11.9. The minimum absolute atomic E-state index is 0.0141. The summed E-state index contributed by atoms with van der Waals surface area (Å²) < 4.78 is 6.95. The molecule has 1 N–H and O–H groups in total. The number of anilines is 1. The molecule has 1 aliphatic rings. The lowest BCUT2D eigenvalue weighted by Crippen LogP contribution is -2.15. The van der Waals surface area contributed by atoms with E-state index < -0.39 is 0 Å². The summed E-state index contributed by atoms with van der Waals surface area (Å²) in [6.07, 6.45) is 0. The Labute approximate surface area is 127 Å². The lowest BCUT2D eigenvalue weighted by atomic mass is 10.0. The van der Waals surface area contributed by atoms with Gasteiger partial charge in [-0.2, -0.15) is 5.10 Å². The monoisotopic (exact) mass is 303 g/mol. The van der Waals surface area contributed by atoms with Crippen molar-refractivity contribution in [2.24, 2.45) is 7.05 Å². The molecule has 1 atom stereocenters. The molecule has 1 aromatic heterocycles. The average Bonchev–Trinajstić information content (AvgIpc) is 2.66. The minimum atomic E-state index is 0.0141. The third kappa shape index (κ3) is 2.51. The third-order valence-corrected chi connectivity index (χ3v) is 4.86. The second-order valence-electron chi connectivity index (χ2n) is 4.98. The van der Waals surface area contributed by atoms with Gasteiger partial charge in [0.15, 0.2) is 0 Å². The van der Waals surface area contributed by atoms with Gasteiger partial charge in [-0.1, -0.05) is 12.1 Å². The Morgan fingerprint density at radius 3 is 2.76 bits per heavy atom. The summed E-state index contributed by atoms with van der Waals surface area (Å²) >= 11 is 1.62. The zero-order valence-corrected chi connectivity index (χ0v) is 13.0. The van der Waals surface area contributed by atoms with Gasteiger partial charge in [0, 0.05) is 12.6 Å². The van der Waals surface area contributed by atoms with Gasteiger partial charge in [0.2, 0.25) is 5.91 Å². The van der Waals surface area contributed by atoms with Crippen LogP contribution < -0.4 is 10.1 Å². The molecule has 0 spiro atoms. The second kappa shape index (κ2) is 5.44. The Kier molecular flexibility index (Phi) is 3.63. The molecular formula is C15H17N3O2S. The third-order valence-electron chi connectivity index (χ3n) is 3.59. The zero-order valence-electron chi connectivity index (χ0n) is 12.2. The number of amides is 1. The number of aromatic nitrogens is 2. The lowest BCUT2D eigenvalue weighted by Gasteiger charge is -2.15. The standard InChI is InChI=1S/C15H17N3O2S/c1-9-13-14(10-4-6-11(20-3)7-5-10)21-8-12(19)16-15(13)18(2)17-9/h4-7,14H,8H2,1-3H3,(H,16,19)/t14-/m0/s1. The number of nitrogens with zero attached hydrogens (tertiary/aromatic N) is 2. The molecular weight excluding hydrogens is 286 g/mol. The largest absolute Gasteiger partial charge is 0.497 e. The van der Waals surface area contributed by atoms with Crippen molar-refractivity contribution in [1.29, 1.82) is 0 Å². The van der Waals surface area contributed by atoms with Crippen LogP contribution in [-0.4, -0.2) is 28.6 Å². The highest BCUT2D eigenvalue weighted by atomic mass is 32.2. The zero-order chi connectivity index (χ0) is 15.0. The van der Waals surface area contributed by atoms with E-state index in [1.54, 1.807) is 23.6 Å². The van der Waals surface area contributed by atoms with Gasteiger partial charge in [-0.05, 0) is 24.6 Å². The number of aryl methyl sites for hydroxylation is 2. The molecule has 0 saturated heterocycles. The smallest absolute Gasteiger partial charge is 0.235 e. The van der Waals surface area contributed by atoms with Crippen LogP contribution in [0.2, 0.25) is 0 Å². The number of carbonyl (C=O) groups excluding carboxylic acids is 1. The number of hydrogen-bond donors (Lipinski definition) is 1. The Hall–Kier alpha value is -1.95. The van der Waals surface area contributed by atoms with Crippen LogP contribution in [0.3, 0.4) is 0 Å². The fourth-order valence-corrected chi connectivity index (χ4v) is 3.78. The molecule has 3 rings (SSSR count). The van der Waals surface area contributed by atoms with Gasteiger partial charge >= 0.3 is 0 Å². The predicted molar refractivity (Wildman–Crippen MR) is 83.9 cm³/mol. The fraction of sp³-hybridized carbons (Fsp3) is 0.333. The number of benzene rings is 1. The predicted octanol–water partition coefficient (Wildman–Crippen LogP) is 2.51. The molecule has 1 aliphatic heterocycles. The van der Waals surface area contributed by atoms with Crippen LogP contribution in [0, 0.1) is 6.92 Å². The highest BCUT2D eigenvalue weighted by Crippen LogP contribution is 2.43. The molecule has 0 saturated carbocycles. The topological polar surface area (TPSA) is 56.1 Å². The summed E-state index contributed by atoms with van der Waals surface area (Å²) in [4.78, 5) is 11.9. The Morgan fingerprint density at radius 1 is 1.38 bits per heavy atom. The number of thioether (sulfide) groups is 1. The van der Waals surface area contributed by atoms with Crippen molar-refractivity contribution < 1.29 is 9.53 Å². The minimum Gasteiger partial charge on any atom is -0.497 e. The first-order chi connectivity index (χ1) is 10.1. The van der Waals surface area contributed by atoms with Crippen molar-refractivity contribution >= 4 is 23.5 Å². The van der Waals surface area contributed by atoms with Crippen LogP contribution in [0.15, 0.2) is 24.3 Å². The summed E-state index contributed by atoms with van der Waals surface area (Å²) in [5.41, 5.74) is 3.18. The first kappa shape index (κ1) is 14.0. The molecule has 2 aromatic rings. The van der Waals surface area contributed by atoms with Crippen molar-refractivity contribution in [2.75, 3.05) is 18.2 Å². The van der Waals surface area contributed by atoms with E-state index >= 15 is 0 Å². The van der Waals surface area contributed by atoms with Gasteiger partial charge < -0.3 is 10.1 Å². The number of carbonyl (C=O) groups is 1. The molecule has 0 fully saturated rings. The number of methoxy groups -OCH3 is 1. The first-order valence-corrected chi connectivity index (χ1v) is 7.74. The van der Waals surface area contributed by atoms with Gasteiger partial charge in [-0.3, -0.25) is 9.48 Å². The fourth-order valence-electron chi connectivity index (χ4n) is 2.59. The van der Waals surface area contributed by atoms with E-state index in [1.165, 1.54) is 0 Å². The first-order valence-electron chi connectivity index (χ1n) is 6.69. The molecule has 0 radical (unpaired) electrons. The molecule has 2 heterocycles. The number of hydrogen-bond acceptors (Lipinski definition) is 4. The summed E-state index contributed by atoms with van der Waals surface area (Å²) in [6.45, 7) is 1.98. The quantitative estimate of drug-likeness (QED) is 0.926. The molecule has 0 unspecified atom stereocenters. The van der Waals surface area contributed by atoms with Gasteiger partial charge in [-0.15, -0.1) is 11.8 Å². The molecule has 0 aliphatic carbocycles. The van der Waals surface area contributed by atoms with Gasteiger partial charge in [0.1, 0.15) is 11.6 Å². The van der Waals surface area contributed by atoms with E-state index in [4.69, 9.17) is 4.74 Å². The van der Waals surface area contributed by atoms with E-state index in [-0.39, 0.29) is 11.2 Å². The highest BCUT2D eigenvalue weighted by Gasteiger charge is 2.29. The number of fused-ring (bicyclic) bond motifs is 1. The molecule has 110 valence electrons. The summed E-state index contributed by atoms with van der Waals surface area (Å²) in [6, 6.07) is 7.98. The molecule has 0 bridgehead atoms. The van der Waals surface area contributed by atoms with Crippen LogP contribution in [0.4, 0.5) is 5.82 Å². The van der Waals surface area contributed by atoms with E-state index in [9.17, 15) is 4.79 Å². The van der Waals surface area contributed by atoms with Crippen molar-refractivity contribution in [1.82, 2.24) is 9.78 Å². The Bertz CT molecular complexity index is 679. The van der Waals surface area contributed by atoms with Gasteiger partial charge in [-0.25, -0.2) is 0 Å². The average molecular weight is 303 g/mol. The highest BCUT2D eigenvalue weighted by molar-refractivity contribution is 8.00. The number of nitrogens with one attached hydrogen (secondary N) is 1. The molecule has 21 heavy (non-hydrogen) atoms. The van der Waals surface area contributed by atoms with E-state index in [2.05, 4.69) is 10.4 Å². The lowest BCUT2D eigenvalue weighted by molar-refractivity contribution is -0.113. The Balaban J connectivity index is 2.07. The van der Waals surface area contributed by atoms with Gasteiger partial charge in [0.25, 0.3) is 0 Å². The van der Waals surface area contributed by atoms with E-state index in [1.807, 2.05) is 38.2 Å². The van der Waals surface area contributed by atoms with Crippen molar-refractivity contribution in [3.05, 3.63) is 41.1 Å². The summed E-state index contributed by atoms with van der Waals surface area (Å²) in [7, 11) is 3.51.